The molecule has 5 aromatic carbocycles. The lowest BCUT2D eigenvalue weighted by Gasteiger charge is -2.28. The standard InChI is InChI=1S/C75H93N15O17/c76-31-7-5-14-55(67(98)86-60(36-44-21-27-49(93)28-22-44)72(103)90-63(75(106)107)39-65(95)96)82-70(101)58(34-42-17-23-47(91)24-18-42)87-69(100)57(29-30-64(78)94)84-74(105)61(37-45-40-80-52-12-3-1-10-50(45)52)88-68(99)56(15-6-8-32-77)83-73(104)62(38-46-41-81-53-13-4-2-11-51(46)53)89-71(102)59(35-43-19-25-48(92)26-20-43)85-66(97)54-16-9-33-79-54/h1-4,10-13,17-28,40-41,54-63,79-81,91-93H,5-9,14-16,29-39,76-77H2,(H2,78,94)(H,82,101)(H,83,104)(H,84,105)(H,85,97)(H,86,98)(H,87,100)(H,88,99)(H,89,102)(H,90,103)(H,95,96)(H,106,107)/t54-,55-,56-,57-,58-,59-,60-,61-,62-,63-/m0/s1. The van der Waals surface area contributed by atoms with Crippen molar-refractivity contribution in [1.29, 1.82) is 0 Å². The maximum absolute atomic E-state index is 15.3. The maximum Gasteiger partial charge on any atom is 0.326 e. The van der Waals surface area contributed by atoms with Gasteiger partial charge in [0.1, 0.15) is 71.6 Å². The number of aromatic amines is 2. The van der Waals surface area contributed by atoms with Gasteiger partial charge in [0.05, 0.1) is 12.5 Å². The Morgan fingerprint density at radius 3 is 1.09 bits per heavy atom. The monoisotopic (exact) mass is 1480 g/mol. The summed E-state index contributed by atoms with van der Waals surface area (Å²) in [6.45, 7) is 0.923. The number of carbonyl (C=O) groups excluding carboxylic acids is 10. The number of nitrogens with two attached hydrogens (primary N) is 3. The first kappa shape index (κ1) is 80.8. The molecule has 7 aromatic rings. The first-order valence-corrected chi connectivity index (χ1v) is 35.4. The van der Waals surface area contributed by atoms with E-state index in [9.17, 15) is 63.9 Å². The average Bonchev–Trinajstić information content (AvgIpc) is 1.53. The predicted molar refractivity (Wildman–Crippen MR) is 392 cm³/mol. The van der Waals surface area contributed by atoms with Crippen molar-refractivity contribution in [2.45, 2.75) is 163 Å². The first-order valence-electron chi connectivity index (χ1n) is 35.4. The minimum atomic E-state index is -1.94. The van der Waals surface area contributed by atoms with Gasteiger partial charge >= 0.3 is 11.9 Å². The molecule has 10 atom stereocenters. The molecule has 1 aliphatic rings. The second-order valence-corrected chi connectivity index (χ2v) is 26.4. The minimum Gasteiger partial charge on any atom is -0.508 e. The van der Waals surface area contributed by atoms with E-state index in [-0.39, 0.29) is 88.1 Å². The lowest BCUT2D eigenvalue weighted by Crippen LogP contribution is -2.61. The highest BCUT2D eigenvalue weighted by atomic mass is 16.4. The number of amides is 10. The van der Waals surface area contributed by atoms with Crippen LogP contribution in [0, 0.1) is 0 Å². The fourth-order valence-corrected chi connectivity index (χ4v) is 12.5. The van der Waals surface area contributed by atoms with E-state index < -0.39 is 151 Å². The van der Waals surface area contributed by atoms with Gasteiger partial charge in [0.25, 0.3) is 0 Å². The van der Waals surface area contributed by atoms with E-state index in [4.69, 9.17) is 17.2 Å². The number of hydrogen-bond acceptors (Lipinski definition) is 18. The van der Waals surface area contributed by atoms with Gasteiger partial charge in [-0.3, -0.25) is 52.7 Å². The van der Waals surface area contributed by atoms with Crippen LogP contribution in [0.15, 0.2) is 134 Å². The highest BCUT2D eigenvalue weighted by Gasteiger charge is 2.38. The number of H-pyrrole nitrogens is 2. The fourth-order valence-electron chi connectivity index (χ4n) is 12.5. The van der Waals surface area contributed by atoms with E-state index in [1.54, 1.807) is 54.9 Å². The third-order valence-corrected chi connectivity index (χ3v) is 18.3. The Kier molecular flexibility index (Phi) is 30.1. The molecule has 0 bridgehead atoms. The second-order valence-electron chi connectivity index (χ2n) is 26.4. The number of aliphatic carboxylic acids is 2. The predicted octanol–water partition coefficient (Wildman–Crippen LogP) is 0.477. The fraction of sp³-hybridized carbons (Fsp3) is 0.387. The molecule has 107 heavy (non-hydrogen) atoms. The molecule has 23 N–H and O–H groups in total. The first-order chi connectivity index (χ1) is 51.3. The number of carbonyl (C=O) groups is 12. The number of para-hydroxylation sites is 2. The summed E-state index contributed by atoms with van der Waals surface area (Å²) in [5.41, 5.74) is 21.2. The smallest absolute Gasteiger partial charge is 0.326 e. The van der Waals surface area contributed by atoms with Gasteiger partial charge in [0.15, 0.2) is 0 Å². The van der Waals surface area contributed by atoms with Gasteiger partial charge in [0.2, 0.25) is 59.1 Å². The van der Waals surface area contributed by atoms with Gasteiger partial charge in [-0.25, -0.2) is 4.79 Å². The number of benzene rings is 5. The van der Waals surface area contributed by atoms with Crippen LogP contribution < -0.4 is 70.4 Å². The molecule has 3 heterocycles. The molecule has 2 aromatic heterocycles. The number of aromatic nitrogens is 2. The lowest BCUT2D eigenvalue weighted by molar-refractivity contribution is -0.147. The summed E-state index contributed by atoms with van der Waals surface area (Å²) >= 11 is 0. The summed E-state index contributed by atoms with van der Waals surface area (Å²) in [5.74, 6) is -12.6. The number of primary amides is 1. The van der Waals surface area contributed by atoms with Crippen LogP contribution >= 0.6 is 0 Å². The van der Waals surface area contributed by atoms with Crippen LogP contribution in [0.1, 0.15) is 98.4 Å². The minimum absolute atomic E-state index is 0.0279. The van der Waals surface area contributed by atoms with Crippen molar-refractivity contribution in [3.63, 3.8) is 0 Å². The van der Waals surface area contributed by atoms with Gasteiger partial charge in [-0.15, -0.1) is 0 Å². The van der Waals surface area contributed by atoms with Gasteiger partial charge in [-0.2, -0.15) is 0 Å². The molecule has 0 unspecified atom stereocenters. The number of nitrogens with one attached hydrogen (secondary N) is 12. The molecule has 32 heteroatoms. The Balaban J connectivity index is 1.08. The summed E-state index contributed by atoms with van der Waals surface area (Å²) in [7, 11) is 0. The Labute approximate surface area is 615 Å². The zero-order valence-corrected chi connectivity index (χ0v) is 58.8. The number of unbranched alkanes of at least 4 members (excludes halogenated alkanes) is 2. The van der Waals surface area contributed by atoms with Crippen LogP contribution in [0.2, 0.25) is 0 Å². The Morgan fingerprint density at radius 2 is 0.748 bits per heavy atom. The number of phenols is 3. The van der Waals surface area contributed by atoms with Crippen molar-refractivity contribution in [2.75, 3.05) is 19.6 Å². The third kappa shape index (κ3) is 24.6. The molecule has 1 aliphatic heterocycles. The number of carboxylic acids is 2. The number of phenolic OH excluding ortho intramolecular Hbond substituents is 3. The van der Waals surface area contributed by atoms with Crippen molar-refractivity contribution < 1.29 is 83.1 Å². The lowest BCUT2D eigenvalue weighted by atomic mass is 10.00. The molecule has 0 spiro atoms. The summed E-state index contributed by atoms with van der Waals surface area (Å²) in [4.78, 5) is 175. The quantitative estimate of drug-likeness (QED) is 0.0231. The Bertz CT molecular complexity index is 4240. The summed E-state index contributed by atoms with van der Waals surface area (Å²) in [5, 5.41) is 78.0. The van der Waals surface area contributed by atoms with Crippen LogP contribution in [0.4, 0.5) is 0 Å². The zero-order valence-electron chi connectivity index (χ0n) is 58.8. The molecular formula is C75H93N15O17. The molecule has 32 nitrogen and oxygen atoms in total. The molecular weight excluding hydrogens is 1380 g/mol. The average molecular weight is 1480 g/mol. The molecule has 0 aliphatic carbocycles. The topological polar surface area (TPSA) is 536 Å². The SMILES string of the molecule is NCCCC[C@H](NC(=O)[C@H](Cc1ccc(O)cc1)NC(=O)[C@H](CCC(N)=O)NC(=O)[C@H](Cc1c[nH]c2ccccc12)NC(=O)[C@H](CCCCN)NC(=O)[C@H](Cc1c[nH]c2ccccc12)NC(=O)[C@H](Cc1ccc(O)cc1)NC(=O)[C@@H]1CCCN1)C(=O)N[C@@H](Cc1ccc(O)cc1)C(=O)N[C@@H](CC(=O)O)C(=O)O. The van der Waals surface area contributed by atoms with E-state index in [0.717, 1.165) is 17.3 Å². The van der Waals surface area contributed by atoms with Crippen LogP contribution in [0.3, 0.4) is 0 Å². The normalized spacial score (nSPS) is 15.1. The molecule has 10 amide bonds. The summed E-state index contributed by atoms with van der Waals surface area (Å²) in [6, 6.07) is 16.6. The molecule has 1 fully saturated rings. The second kappa shape index (κ2) is 39.8. The number of rotatable bonds is 42. The zero-order chi connectivity index (χ0) is 77.1. The van der Waals surface area contributed by atoms with E-state index in [2.05, 4.69) is 63.1 Å². The number of fused-ring (bicyclic) bond motifs is 2. The highest BCUT2D eigenvalue weighted by molar-refractivity contribution is 6.00. The van der Waals surface area contributed by atoms with Crippen LogP contribution in [-0.2, 0) is 89.6 Å². The Hall–Kier alpha value is -11.9. The molecule has 8 rings (SSSR count). The van der Waals surface area contributed by atoms with Gasteiger partial charge in [0, 0.05) is 72.7 Å². The van der Waals surface area contributed by atoms with Crippen molar-refractivity contribution in [3.8, 4) is 17.2 Å². The van der Waals surface area contributed by atoms with Crippen LogP contribution in [0.5, 0.6) is 17.2 Å². The van der Waals surface area contributed by atoms with E-state index >= 15 is 19.2 Å². The van der Waals surface area contributed by atoms with Gasteiger partial charge < -0.3 is 106 Å². The Morgan fingerprint density at radius 1 is 0.411 bits per heavy atom. The molecule has 1 saturated heterocycles. The van der Waals surface area contributed by atoms with Crippen LogP contribution in [0.25, 0.3) is 21.8 Å². The van der Waals surface area contributed by atoms with Crippen molar-refractivity contribution in [3.05, 3.63) is 162 Å². The van der Waals surface area contributed by atoms with Gasteiger partial charge in [-0.1, -0.05) is 72.8 Å². The number of aromatic hydroxyl groups is 3. The molecule has 0 radical (unpaired) electrons. The number of hydrogen-bond donors (Lipinski definition) is 20. The van der Waals surface area contributed by atoms with E-state index in [1.165, 1.54) is 60.7 Å². The van der Waals surface area contributed by atoms with Crippen LogP contribution in [-0.4, -0.2) is 187 Å². The summed E-state index contributed by atoms with van der Waals surface area (Å²) in [6.07, 6.45) is 2.34. The van der Waals surface area contributed by atoms with E-state index in [0.29, 0.717) is 64.5 Å². The third-order valence-electron chi connectivity index (χ3n) is 18.3. The van der Waals surface area contributed by atoms with Crippen molar-refractivity contribution >= 4 is 92.8 Å². The molecule has 570 valence electrons. The van der Waals surface area contributed by atoms with Crippen molar-refractivity contribution in [2.24, 2.45) is 17.2 Å². The van der Waals surface area contributed by atoms with Gasteiger partial charge in [-0.05, 0) is 154 Å². The maximum atomic E-state index is 15.3. The number of carboxylic acid groups (broad SMARTS) is 2. The van der Waals surface area contributed by atoms with Crippen molar-refractivity contribution in [1.82, 2.24) is 63.1 Å². The molecule has 0 saturated carbocycles. The highest BCUT2D eigenvalue weighted by Crippen LogP contribution is 2.23. The largest absolute Gasteiger partial charge is 0.508 e. The summed E-state index contributed by atoms with van der Waals surface area (Å²) < 4.78 is 0. The van der Waals surface area contributed by atoms with E-state index in [1.807, 2.05) is 18.2 Å².